The van der Waals surface area contributed by atoms with Crippen molar-refractivity contribution in [2.75, 3.05) is 49.6 Å². The van der Waals surface area contributed by atoms with Crippen molar-refractivity contribution in [1.29, 1.82) is 0 Å². The molecule has 0 aliphatic carbocycles. The van der Waals surface area contributed by atoms with E-state index in [0.29, 0.717) is 28.8 Å². The summed E-state index contributed by atoms with van der Waals surface area (Å²) in [5.41, 5.74) is 1.91. The minimum atomic E-state index is -0.264. The molecule has 12 nitrogen and oxygen atoms in total. The molecule has 4 aromatic rings. The van der Waals surface area contributed by atoms with Gasteiger partial charge in [-0.2, -0.15) is 4.98 Å². The van der Waals surface area contributed by atoms with Crippen LogP contribution in [0.1, 0.15) is 19.9 Å². The van der Waals surface area contributed by atoms with Gasteiger partial charge in [-0.05, 0) is 44.2 Å². The second-order valence-electron chi connectivity index (χ2n) is 10.4. The van der Waals surface area contributed by atoms with Crippen molar-refractivity contribution in [2.45, 2.75) is 32.5 Å². The summed E-state index contributed by atoms with van der Waals surface area (Å²) >= 11 is 0. The molecule has 12 heteroatoms. The lowest BCUT2D eigenvalue weighted by atomic mass is 10.1. The van der Waals surface area contributed by atoms with Gasteiger partial charge in [0, 0.05) is 49.8 Å². The maximum atomic E-state index is 13.2. The summed E-state index contributed by atoms with van der Waals surface area (Å²) in [5.74, 6) is 0.749. The molecule has 0 radical (unpaired) electrons. The Hall–Kier alpha value is -4.29. The normalized spacial score (nSPS) is 16.4. The van der Waals surface area contributed by atoms with Crippen LogP contribution in [0.2, 0.25) is 0 Å². The Morgan fingerprint density at radius 3 is 2.48 bits per heavy atom. The fourth-order valence-electron chi connectivity index (χ4n) is 5.17. The van der Waals surface area contributed by atoms with E-state index in [0.717, 1.165) is 45.1 Å². The molecule has 2 aliphatic rings. The number of ether oxygens (including phenoxy) is 1. The van der Waals surface area contributed by atoms with Crippen LogP contribution >= 0.6 is 0 Å². The van der Waals surface area contributed by atoms with Gasteiger partial charge in [0.2, 0.25) is 5.95 Å². The minimum Gasteiger partial charge on any atom is -0.378 e. The number of anilines is 3. The zero-order valence-electron chi connectivity index (χ0n) is 22.7. The van der Waals surface area contributed by atoms with Crippen molar-refractivity contribution >= 4 is 28.4 Å². The minimum absolute atomic E-state index is 0.148. The highest BCUT2D eigenvalue weighted by Gasteiger charge is 2.29. The Morgan fingerprint density at radius 2 is 1.82 bits per heavy atom. The molecule has 0 saturated carbocycles. The van der Waals surface area contributed by atoms with E-state index in [9.17, 15) is 9.59 Å². The molecule has 6 rings (SSSR count). The third-order valence-electron chi connectivity index (χ3n) is 7.43. The maximum absolute atomic E-state index is 13.2. The van der Waals surface area contributed by atoms with Gasteiger partial charge in [0.25, 0.3) is 11.1 Å². The average Bonchev–Trinajstić information content (AvgIpc) is 3.19. The molecule has 0 atom stereocenters. The van der Waals surface area contributed by atoms with Gasteiger partial charge < -0.3 is 15.0 Å². The largest absolute Gasteiger partial charge is 0.378 e. The summed E-state index contributed by atoms with van der Waals surface area (Å²) in [4.78, 5) is 39.5. The highest BCUT2D eigenvalue weighted by Crippen LogP contribution is 2.23. The zero-order chi connectivity index (χ0) is 27.8. The lowest BCUT2D eigenvalue weighted by Gasteiger charge is -2.43. The quantitative estimate of drug-likeness (QED) is 0.334. The number of nitrogens with one attached hydrogen (secondary N) is 1. The van der Waals surface area contributed by atoms with E-state index in [1.165, 1.54) is 27.3 Å². The smallest absolute Gasteiger partial charge is 0.278 e. The maximum Gasteiger partial charge on any atom is 0.278 e. The van der Waals surface area contributed by atoms with E-state index in [4.69, 9.17) is 9.72 Å². The predicted octanol–water partition coefficient (Wildman–Crippen LogP) is 2.17. The third kappa shape index (κ3) is 4.80. The van der Waals surface area contributed by atoms with Gasteiger partial charge in [0.1, 0.15) is 5.39 Å². The van der Waals surface area contributed by atoms with Crippen LogP contribution in [-0.4, -0.2) is 79.4 Å². The Balaban J connectivity index is 1.27. The second kappa shape index (κ2) is 10.7. The first-order chi connectivity index (χ1) is 19.4. The molecule has 5 heterocycles. The average molecular weight is 544 g/mol. The summed E-state index contributed by atoms with van der Waals surface area (Å²) in [6.45, 7) is 13.5. The van der Waals surface area contributed by atoms with Gasteiger partial charge in [-0.15, -0.1) is 11.7 Å². The van der Waals surface area contributed by atoms with Crippen LogP contribution in [0.25, 0.3) is 16.9 Å². The Bertz CT molecular complexity index is 1640. The fraction of sp³-hybridized carbons (Fsp3) is 0.393. The number of hydrogen-bond donors (Lipinski definition) is 1. The highest BCUT2D eigenvalue weighted by molar-refractivity contribution is 5.77. The van der Waals surface area contributed by atoms with E-state index in [1.807, 2.05) is 26.0 Å². The number of aromatic nitrogens is 6. The van der Waals surface area contributed by atoms with Crippen molar-refractivity contribution in [1.82, 2.24) is 34.0 Å². The first kappa shape index (κ1) is 26.0. The van der Waals surface area contributed by atoms with Crippen LogP contribution < -0.4 is 21.3 Å². The molecular weight excluding hydrogens is 510 g/mol. The first-order valence-electron chi connectivity index (χ1n) is 13.6. The second-order valence-corrected chi connectivity index (χ2v) is 10.4. The Kier molecular flexibility index (Phi) is 6.95. The number of allylic oxidation sites excluding steroid dienone is 1. The summed E-state index contributed by atoms with van der Waals surface area (Å²) in [6.07, 6.45) is 3.15. The van der Waals surface area contributed by atoms with Crippen molar-refractivity contribution < 1.29 is 4.74 Å². The molecule has 208 valence electrons. The number of hydrogen-bond acceptors (Lipinski definition) is 9. The van der Waals surface area contributed by atoms with Gasteiger partial charge in [-0.3, -0.25) is 14.5 Å². The van der Waals surface area contributed by atoms with Gasteiger partial charge >= 0.3 is 0 Å². The summed E-state index contributed by atoms with van der Waals surface area (Å²) < 4.78 is 9.82. The summed E-state index contributed by atoms with van der Waals surface area (Å²) in [7, 11) is 0. The fourth-order valence-corrected chi connectivity index (χ4v) is 5.17. The predicted molar refractivity (Wildman–Crippen MR) is 154 cm³/mol. The van der Waals surface area contributed by atoms with E-state index in [-0.39, 0.29) is 23.7 Å². The lowest BCUT2D eigenvalue weighted by Crippen LogP contribution is -2.56. The molecule has 0 unspecified atom stereocenters. The molecule has 2 saturated heterocycles. The van der Waals surface area contributed by atoms with Crippen LogP contribution in [-0.2, 0) is 11.3 Å². The molecule has 3 aromatic heterocycles. The van der Waals surface area contributed by atoms with E-state index in [2.05, 4.69) is 43.9 Å². The van der Waals surface area contributed by atoms with Crippen LogP contribution in [0.5, 0.6) is 0 Å². The molecule has 40 heavy (non-hydrogen) atoms. The Morgan fingerprint density at radius 1 is 1.07 bits per heavy atom. The molecule has 1 N–H and O–H groups in total. The topological polar surface area (TPSA) is 115 Å². The van der Waals surface area contributed by atoms with Crippen LogP contribution in [0.15, 0.2) is 64.8 Å². The summed E-state index contributed by atoms with van der Waals surface area (Å²) in [6, 6.07) is 11.7. The number of benzene rings is 1. The SMILES string of the molecule is C=CCn1c(=O)c2cnc(Nc3ccc(N4CCN(C5COC5)CC4)cc3)nc2n1-c1ccc(=O)n(C(C)C)n1. The molecule has 2 aliphatic heterocycles. The Labute approximate surface area is 231 Å². The molecule has 0 bridgehead atoms. The number of piperazine rings is 1. The molecular formula is C28H33N9O3. The molecule has 0 amide bonds. The van der Waals surface area contributed by atoms with Crippen LogP contribution in [0, 0.1) is 0 Å². The van der Waals surface area contributed by atoms with E-state index >= 15 is 0 Å². The molecule has 1 aromatic carbocycles. The van der Waals surface area contributed by atoms with Crippen molar-refractivity contribution in [3.8, 4) is 5.82 Å². The van der Waals surface area contributed by atoms with Gasteiger partial charge in [0.05, 0.1) is 31.8 Å². The van der Waals surface area contributed by atoms with Gasteiger partial charge in [0.15, 0.2) is 11.5 Å². The number of rotatable bonds is 8. The van der Waals surface area contributed by atoms with E-state index in [1.54, 1.807) is 16.8 Å². The first-order valence-corrected chi connectivity index (χ1v) is 13.6. The van der Waals surface area contributed by atoms with Crippen LogP contribution in [0.3, 0.4) is 0 Å². The van der Waals surface area contributed by atoms with E-state index < -0.39 is 0 Å². The van der Waals surface area contributed by atoms with Crippen molar-refractivity contribution in [2.24, 2.45) is 0 Å². The number of fused-ring (bicyclic) bond motifs is 1. The summed E-state index contributed by atoms with van der Waals surface area (Å²) in [5, 5.41) is 8.12. The van der Waals surface area contributed by atoms with Crippen LogP contribution in [0.4, 0.5) is 17.3 Å². The lowest BCUT2D eigenvalue weighted by molar-refractivity contribution is -0.0660. The van der Waals surface area contributed by atoms with Crippen molar-refractivity contribution in [3.05, 3.63) is 76.0 Å². The molecule has 2 fully saturated rings. The van der Waals surface area contributed by atoms with Crippen molar-refractivity contribution in [3.63, 3.8) is 0 Å². The molecule has 0 spiro atoms. The standard InChI is InChI=1S/C28H33N9O3/c1-4-11-35-27(39)23-16-29-28(31-26(23)37(35)24-9-10-25(38)36(32-24)19(2)3)30-20-5-7-21(8-6-20)33-12-14-34(15-13-33)22-17-40-18-22/h4-10,16,19,22H,1,11-15,17-18H2,2-3H3,(H,29,30,31). The number of nitrogens with zero attached hydrogens (tertiary/aromatic N) is 8. The highest BCUT2D eigenvalue weighted by atomic mass is 16.5. The van der Waals surface area contributed by atoms with Gasteiger partial charge in [-0.25, -0.2) is 19.0 Å². The third-order valence-corrected chi connectivity index (χ3v) is 7.43. The zero-order valence-corrected chi connectivity index (χ0v) is 22.7. The monoisotopic (exact) mass is 543 g/mol. The van der Waals surface area contributed by atoms with Gasteiger partial charge in [-0.1, -0.05) is 6.08 Å².